The molecule has 0 atom stereocenters. The molecule has 0 aliphatic carbocycles. The van der Waals surface area contributed by atoms with Gasteiger partial charge in [0.2, 0.25) is 17.6 Å². The lowest BCUT2D eigenvalue weighted by atomic mass is 9.99. The van der Waals surface area contributed by atoms with Crippen LogP contribution in [-0.4, -0.2) is 51.6 Å². The minimum absolute atomic E-state index is 0.0413. The minimum atomic E-state index is -0.346. The summed E-state index contributed by atoms with van der Waals surface area (Å²) in [4.78, 5) is 33.3. The van der Waals surface area contributed by atoms with Gasteiger partial charge in [0.05, 0.1) is 18.9 Å². The quantitative estimate of drug-likeness (QED) is 0.738. The molecule has 1 fully saturated rings. The SMILES string of the molecule is CCOC(=O)CCC(=O)N1CC(c2nc(-c3ccncc3)no2)C1. The highest BCUT2D eigenvalue weighted by Crippen LogP contribution is 2.28. The third-order valence-electron chi connectivity index (χ3n) is 3.81. The predicted octanol–water partition coefficient (Wildman–Crippen LogP) is 1.40. The number of likely N-dealkylation sites (tertiary alicyclic amines) is 1. The van der Waals surface area contributed by atoms with Gasteiger partial charge in [-0.1, -0.05) is 5.16 Å². The molecule has 24 heavy (non-hydrogen) atoms. The monoisotopic (exact) mass is 330 g/mol. The average Bonchev–Trinajstić information content (AvgIpc) is 3.02. The first-order chi connectivity index (χ1) is 11.7. The molecule has 1 amide bonds. The molecule has 8 heteroatoms. The van der Waals surface area contributed by atoms with Crippen molar-refractivity contribution in [1.82, 2.24) is 20.0 Å². The lowest BCUT2D eigenvalue weighted by Crippen LogP contribution is -2.48. The molecular formula is C16H18N4O4. The molecule has 0 spiro atoms. The molecule has 3 rings (SSSR count). The second-order valence-corrected chi connectivity index (χ2v) is 5.49. The number of hydrogen-bond acceptors (Lipinski definition) is 7. The van der Waals surface area contributed by atoms with E-state index in [0.29, 0.717) is 31.4 Å². The van der Waals surface area contributed by atoms with Gasteiger partial charge in [0.1, 0.15) is 0 Å². The topological polar surface area (TPSA) is 98.4 Å². The van der Waals surface area contributed by atoms with Crippen molar-refractivity contribution < 1.29 is 18.8 Å². The fourth-order valence-corrected chi connectivity index (χ4v) is 2.46. The van der Waals surface area contributed by atoms with Gasteiger partial charge in [-0.05, 0) is 19.1 Å². The number of rotatable bonds is 6. The minimum Gasteiger partial charge on any atom is -0.466 e. The molecule has 0 unspecified atom stereocenters. The maximum atomic E-state index is 12.0. The lowest BCUT2D eigenvalue weighted by molar-refractivity contribution is -0.146. The lowest BCUT2D eigenvalue weighted by Gasteiger charge is -2.37. The van der Waals surface area contributed by atoms with Crippen LogP contribution in [0.5, 0.6) is 0 Å². The van der Waals surface area contributed by atoms with Gasteiger partial charge in [-0.2, -0.15) is 4.98 Å². The molecule has 1 aliphatic rings. The van der Waals surface area contributed by atoms with Crippen molar-refractivity contribution >= 4 is 11.9 Å². The molecule has 3 heterocycles. The van der Waals surface area contributed by atoms with Crippen molar-refractivity contribution in [3.63, 3.8) is 0 Å². The van der Waals surface area contributed by atoms with Crippen molar-refractivity contribution in [1.29, 1.82) is 0 Å². The van der Waals surface area contributed by atoms with Crippen LogP contribution in [0.15, 0.2) is 29.0 Å². The van der Waals surface area contributed by atoms with E-state index in [1.165, 1.54) is 0 Å². The maximum Gasteiger partial charge on any atom is 0.306 e. The molecular weight excluding hydrogens is 312 g/mol. The van der Waals surface area contributed by atoms with Gasteiger partial charge in [0.15, 0.2) is 0 Å². The van der Waals surface area contributed by atoms with Crippen LogP contribution in [0.25, 0.3) is 11.4 Å². The summed E-state index contributed by atoms with van der Waals surface area (Å²) in [5, 5.41) is 3.96. The Hall–Kier alpha value is -2.77. The fourth-order valence-electron chi connectivity index (χ4n) is 2.46. The average molecular weight is 330 g/mol. The zero-order chi connectivity index (χ0) is 16.9. The molecule has 1 aliphatic heterocycles. The van der Waals surface area contributed by atoms with Gasteiger partial charge < -0.3 is 14.2 Å². The highest BCUT2D eigenvalue weighted by molar-refractivity contribution is 5.82. The Balaban J connectivity index is 1.49. The molecule has 0 N–H and O–H groups in total. The highest BCUT2D eigenvalue weighted by atomic mass is 16.5. The summed E-state index contributed by atoms with van der Waals surface area (Å²) >= 11 is 0. The Morgan fingerprint density at radius 3 is 2.75 bits per heavy atom. The van der Waals surface area contributed by atoms with Gasteiger partial charge in [-0.15, -0.1) is 0 Å². The number of carbonyl (C=O) groups excluding carboxylic acids is 2. The van der Waals surface area contributed by atoms with E-state index in [9.17, 15) is 9.59 Å². The van der Waals surface area contributed by atoms with E-state index < -0.39 is 0 Å². The molecule has 2 aromatic rings. The molecule has 0 bridgehead atoms. The van der Waals surface area contributed by atoms with Crippen LogP contribution in [0.2, 0.25) is 0 Å². The first-order valence-corrected chi connectivity index (χ1v) is 7.84. The van der Waals surface area contributed by atoms with Gasteiger partial charge >= 0.3 is 5.97 Å². The number of pyridine rings is 1. The summed E-state index contributed by atoms with van der Waals surface area (Å²) < 4.78 is 10.1. The maximum absolute atomic E-state index is 12.0. The third-order valence-corrected chi connectivity index (χ3v) is 3.81. The van der Waals surface area contributed by atoms with Crippen LogP contribution in [0.1, 0.15) is 31.6 Å². The van der Waals surface area contributed by atoms with Gasteiger partial charge in [0.25, 0.3) is 0 Å². The summed E-state index contributed by atoms with van der Waals surface area (Å²) in [6.45, 7) is 3.12. The summed E-state index contributed by atoms with van der Waals surface area (Å²) in [5.74, 6) is 0.672. The van der Waals surface area contributed by atoms with Gasteiger partial charge in [0, 0.05) is 37.5 Å². The van der Waals surface area contributed by atoms with Crippen molar-refractivity contribution in [2.75, 3.05) is 19.7 Å². The smallest absolute Gasteiger partial charge is 0.306 e. The predicted molar refractivity (Wildman–Crippen MR) is 82.7 cm³/mol. The van der Waals surface area contributed by atoms with E-state index in [1.807, 2.05) is 0 Å². The molecule has 126 valence electrons. The van der Waals surface area contributed by atoms with Crippen LogP contribution in [0, 0.1) is 0 Å². The fraction of sp³-hybridized carbons (Fsp3) is 0.438. The van der Waals surface area contributed by atoms with E-state index in [1.54, 1.807) is 36.4 Å². The normalized spacial score (nSPS) is 14.3. The molecule has 1 saturated heterocycles. The van der Waals surface area contributed by atoms with E-state index in [2.05, 4.69) is 15.1 Å². The molecule has 0 radical (unpaired) electrons. The second-order valence-electron chi connectivity index (χ2n) is 5.49. The van der Waals surface area contributed by atoms with Crippen LogP contribution >= 0.6 is 0 Å². The first-order valence-electron chi connectivity index (χ1n) is 7.84. The van der Waals surface area contributed by atoms with Crippen LogP contribution < -0.4 is 0 Å². The van der Waals surface area contributed by atoms with Crippen LogP contribution in [-0.2, 0) is 14.3 Å². The van der Waals surface area contributed by atoms with Crippen LogP contribution in [0.3, 0.4) is 0 Å². The summed E-state index contributed by atoms with van der Waals surface area (Å²) in [6, 6.07) is 3.61. The summed E-state index contributed by atoms with van der Waals surface area (Å²) in [6.07, 6.45) is 3.61. The Morgan fingerprint density at radius 2 is 2.04 bits per heavy atom. The van der Waals surface area contributed by atoms with Crippen molar-refractivity contribution in [3.05, 3.63) is 30.4 Å². The number of aromatic nitrogens is 3. The molecule has 2 aromatic heterocycles. The Bertz CT molecular complexity index is 710. The molecule has 0 aromatic carbocycles. The molecule has 0 saturated carbocycles. The van der Waals surface area contributed by atoms with Crippen molar-refractivity contribution in [3.8, 4) is 11.4 Å². The van der Waals surface area contributed by atoms with E-state index in [-0.39, 0.29) is 30.6 Å². The number of amides is 1. The van der Waals surface area contributed by atoms with E-state index in [0.717, 1.165) is 5.56 Å². The standard InChI is InChI=1S/C16H18N4O4/c1-2-23-14(22)4-3-13(21)20-9-12(10-20)16-18-15(19-24-16)11-5-7-17-8-6-11/h5-8,12H,2-4,9-10H2,1H3. The summed E-state index contributed by atoms with van der Waals surface area (Å²) in [5.41, 5.74) is 0.835. The van der Waals surface area contributed by atoms with Gasteiger partial charge in [-0.3, -0.25) is 14.6 Å². The molecule has 8 nitrogen and oxygen atoms in total. The van der Waals surface area contributed by atoms with Crippen molar-refractivity contribution in [2.45, 2.75) is 25.7 Å². The number of ether oxygens (including phenoxy) is 1. The Morgan fingerprint density at radius 1 is 1.29 bits per heavy atom. The first kappa shape index (κ1) is 16.1. The Labute approximate surface area is 138 Å². The third kappa shape index (κ3) is 3.58. The summed E-state index contributed by atoms with van der Waals surface area (Å²) in [7, 11) is 0. The number of hydrogen-bond donors (Lipinski definition) is 0. The largest absolute Gasteiger partial charge is 0.466 e. The Kier molecular flexibility index (Phi) is 4.83. The van der Waals surface area contributed by atoms with Gasteiger partial charge in [-0.25, -0.2) is 0 Å². The van der Waals surface area contributed by atoms with E-state index in [4.69, 9.17) is 9.26 Å². The second kappa shape index (κ2) is 7.20. The van der Waals surface area contributed by atoms with Crippen LogP contribution in [0.4, 0.5) is 0 Å². The highest BCUT2D eigenvalue weighted by Gasteiger charge is 2.35. The van der Waals surface area contributed by atoms with Crippen molar-refractivity contribution in [2.24, 2.45) is 0 Å². The zero-order valence-corrected chi connectivity index (χ0v) is 13.3. The zero-order valence-electron chi connectivity index (χ0n) is 13.3. The number of esters is 1. The van der Waals surface area contributed by atoms with E-state index >= 15 is 0 Å². The number of carbonyl (C=O) groups is 2. The number of nitrogens with zero attached hydrogens (tertiary/aromatic N) is 4.